The highest BCUT2D eigenvalue weighted by Crippen LogP contribution is 2.04. The van der Waals surface area contributed by atoms with Gasteiger partial charge in [0.25, 0.3) is 0 Å². The fourth-order valence-electron chi connectivity index (χ4n) is 1.58. The quantitative estimate of drug-likeness (QED) is 0.695. The minimum Gasteiger partial charge on any atom is -0.390 e. The van der Waals surface area contributed by atoms with E-state index in [2.05, 4.69) is 5.32 Å². The first-order valence-corrected chi connectivity index (χ1v) is 6.26. The molecule has 0 saturated heterocycles. The molecule has 1 aromatic rings. The van der Waals surface area contributed by atoms with Crippen molar-refractivity contribution in [2.24, 2.45) is 11.7 Å². The molecule has 0 spiro atoms. The second kappa shape index (κ2) is 7.13. The van der Waals surface area contributed by atoms with Gasteiger partial charge in [0.2, 0.25) is 5.91 Å². The van der Waals surface area contributed by atoms with Crippen molar-refractivity contribution < 1.29 is 9.90 Å². The van der Waals surface area contributed by atoms with Gasteiger partial charge >= 0.3 is 0 Å². The summed E-state index contributed by atoms with van der Waals surface area (Å²) in [6.07, 6.45) is -0.132. The number of nitrogens with two attached hydrogens (primary N) is 1. The first-order chi connectivity index (χ1) is 8.50. The average Bonchev–Trinajstić information content (AvgIpc) is 2.36. The molecule has 0 bridgehead atoms. The van der Waals surface area contributed by atoms with E-state index in [1.54, 1.807) is 0 Å². The third-order valence-electron chi connectivity index (χ3n) is 2.82. The van der Waals surface area contributed by atoms with E-state index in [1.807, 2.05) is 44.2 Å². The van der Waals surface area contributed by atoms with Crippen molar-refractivity contribution in [1.82, 2.24) is 5.32 Å². The number of benzene rings is 1. The van der Waals surface area contributed by atoms with E-state index in [1.165, 1.54) is 0 Å². The lowest BCUT2D eigenvalue weighted by Gasteiger charge is -2.20. The van der Waals surface area contributed by atoms with Crippen LogP contribution in [0.4, 0.5) is 0 Å². The predicted octanol–water partition coefficient (Wildman–Crippen LogP) is 0.690. The molecule has 0 aliphatic heterocycles. The number of carbonyl (C=O) groups excluding carboxylic acids is 1. The molecule has 2 atom stereocenters. The van der Waals surface area contributed by atoms with Gasteiger partial charge in [0.15, 0.2) is 0 Å². The number of nitrogens with one attached hydrogen (secondary N) is 1. The Bertz CT molecular complexity index is 365. The molecule has 100 valence electrons. The Morgan fingerprint density at radius 2 is 1.94 bits per heavy atom. The van der Waals surface area contributed by atoms with Gasteiger partial charge in [-0.15, -0.1) is 0 Å². The second-order valence-corrected chi connectivity index (χ2v) is 4.82. The Morgan fingerprint density at radius 3 is 2.50 bits per heavy atom. The summed E-state index contributed by atoms with van der Waals surface area (Å²) in [5, 5.41) is 12.5. The molecule has 4 heteroatoms. The zero-order valence-corrected chi connectivity index (χ0v) is 11.0. The molecule has 4 N–H and O–H groups in total. The number of aliphatic hydroxyl groups excluding tert-OH is 1. The van der Waals surface area contributed by atoms with Gasteiger partial charge in [-0.25, -0.2) is 0 Å². The normalized spacial score (nSPS) is 14.3. The minimum absolute atomic E-state index is 0.0686. The number of amides is 1. The first-order valence-electron chi connectivity index (χ1n) is 6.26. The number of hydrogen-bond donors (Lipinski definition) is 3. The molecule has 4 nitrogen and oxygen atoms in total. The van der Waals surface area contributed by atoms with Gasteiger partial charge in [0, 0.05) is 18.5 Å². The fraction of sp³-hybridized carbons (Fsp3) is 0.500. The van der Waals surface area contributed by atoms with Crippen LogP contribution in [-0.2, 0) is 11.2 Å². The molecule has 0 radical (unpaired) electrons. The van der Waals surface area contributed by atoms with Crippen molar-refractivity contribution in [3.63, 3.8) is 0 Å². The van der Waals surface area contributed by atoms with Crippen LogP contribution in [-0.4, -0.2) is 29.7 Å². The van der Waals surface area contributed by atoms with E-state index < -0.39 is 6.10 Å². The molecule has 0 fully saturated rings. The molecule has 0 aromatic heterocycles. The summed E-state index contributed by atoms with van der Waals surface area (Å²) >= 11 is 0. The van der Waals surface area contributed by atoms with Crippen molar-refractivity contribution >= 4 is 5.91 Å². The van der Waals surface area contributed by atoms with Crippen molar-refractivity contribution in [3.8, 4) is 0 Å². The third-order valence-corrected chi connectivity index (χ3v) is 2.82. The van der Waals surface area contributed by atoms with E-state index in [4.69, 9.17) is 5.73 Å². The summed E-state index contributed by atoms with van der Waals surface area (Å²) in [5.41, 5.74) is 6.99. The molecule has 0 aliphatic carbocycles. The van der Waals surface area contributed by atoms with Crippen LogP contribution in [0.15, 0.2) is 30.3 Å². The van der Waals surface area contributed by atoms with Crippen LogP contribution in [0.3, 0.4) is 0 Å². The molecule has 1 amide bonds. The highest BCUT2D eigenvalue weighted by molar-refractivity contribution is 5.77. The van der Waals surface area contributed by atoms with Crippen LogP contribution in [0.5, 0.6) is 0 Å². The summed E-state index contributed by atoms with van der Waals surface area (Å²) in [6.45, 7) is 3.82. The standard InChI is InChI=1S/C14H22N2O2/c1-10(2)14(18)16-9-13(17)12(15)8-11-6-4-3-5-7-11/h3-7,10,12-13,17H,8-9,15H2,1-2H3,(H,16,18). The molecule has 18 heavy (non-hydrogen) atoms. The Balaban J connectivity index is 2.37. The van der Waals surface area contributed by atoms with E-state index >= 15 is 0 Å². The Labute approximate surface area is 108 Å². The average molecular weight is 250 g/mol. The van der Waals surface area contributed by atoms with Gasteiger partial charge in [0.1, 0.15) is 0 Å². The predicted molar refractivity (Wildman–Crippen MR) is 72.0 cm³/mol. The van der Waals surface area contributed by atoms with Gasteiger partial charge < -0.3 is 16.2 Å². The number of rotatable bonds is 6. The minimum atomic E-state index is -0.729. The Kier molecular flexibility index (Phi) is 5.82. The molecular weight excluding hydrogens is 228 g/mol. The van der Waals surface area contributed by atoms with Crippen LogP contribution >= 0.6 is 0 Å². The topological polar surface area (TPSA) is 75.3 Å². The van der Waals surface area contributed by atoms with Crippen LogP contribution in [0.25, 0.3) is 0 Å². The first kappa shape index (κ1) is 14.7. The SMILES string of the molecule is CC(C)C(=O)NCC(O)C(N)Cc1ccccc1. The highest BCUT2D eigenvalue weighted by atomic mass is 16.3. The van der Waals surface area contributed by atoms with Crippen LogP contribution in [0.2, 0.25) is 0 Å². The molecule has 0 heterocycles. The van der Waals surface area contributed by atoms with E-state index in [0.717, 1.165) is 5.56 Å². The van der Waals surface area contributed by atoms with Crippen molar-refractivity contribution in [2.45, 2.75) is 32.4 Å². The third kappa shape index (κ3) is 4.85. The van der Waals surface area contributed by atoms with Gasteiger partial charge in [0.05, 0.1) is 6.10 Å². The summed E-state index contributed by atoms with van der Waals surface area (Å²) in [4.78, 5) is 11.4. The van der Waals surface area contributed by atoms with Crippen molar-refractivity contribution in [2.75, 3.05) is 6.54 Å². The highest BCUT2D eigenvalue weighted by Gasteiger charge is 2.16. The maximum atomic E-state index is 11.4. The number of aliphatic hydroxyl groups is 1. The van der Waals surface area contributed by atoms with E-state index in [9.17, 15) is 9.90 Å². The molecule has 1 rings (SSSR count). The zero-order valence-electron chi connectivity index (χ0n) is 11.0. The summed E-state index contributed by atoms with van der Waals surface area (Å²) < 4.78 is 0. The Hall–Kier alpha value is -1.39. The summed E-state index contributed by atoms with van der Waals surface area (Å²) in [7, 11) is 0. The molecule has 0 saturated carbocycles. The van der Waals surface area contributed by atoms with Gasteiger partial charge in [-0.05, 0) is 12.0 Å². The lowest BCUT2D eigenvalue weighted by atomic mass is 10.0. The summed E-state index contributed by atoms with van der Waals surface area (Å²) in [5.74, 6) is -0.150. The maximum absolute atomic E-state index is 11.4. The van der Waals surface area contributed by atoms with Crippen molar-refractivity contribution in [3.05, 3.63) is 35.9 Å². The van der Waals surface area contributed by atoms with Gasteiger partial charge in [-0.1, -0.05) is 44.2 Å². The monoisotopic (exact) mass is 250 g/mol. The van der Waals surface area contributed by atoms with Crippen molar-refractivity contribution in [1.29, 1.82) is 0 Å². The fourth-order valence-corrected chi connectivity index (χ4v) is 1.58. The molecule has 1 aromatic carbocycles. The lowest BCUT2D eigenvalue weighted by molar-refractivity contribution is -0.124. The van der Waals surface area contributed by atoms with Gasteiger partial charge in [-0.3, -0.25) is 4.79 Å². The largest absolute Gasteiger partial charge is 0.390 e. The Morgan fingerprint density at radius 1 is 1.33 bits per heavy atom. The van der Waals surface area contributed by atoms with Crippen LogP contribution in [0.1, 0.15) is 19.4 Å². The zero-order chi connectivity index (χ0) is 13.5. The molecule has 0 aliphatic rings. The number of hydrogen-bond acceptors (Lipinski definition) is 3. The second-order valence-electron chi connectivity index (χ2n) is 4.82. The van der Waals surface area contributed by atoms with E-state index in [-0.39, 0.29) is 24.4 Å². The van der Waals surface area contributed by atoms with Crippen LogP contribution in [0, 0.1) is 5.92 Å². The van der Waals surface area contributed by atoms with E-state index in [0.29, 0.717) is 6.42 Å². The molecule has 2 unspecified atom stereocenters. The van der Waals surface area contributed by atoms with Crippen LogP contribution < -0.4 is 11.1 Å². The summed E-state index contributed by atoms with van der Waals surface area (Å²) in [6, 6.07) is 9.39. The number of carbonyl (C=O) groups is 1. The maximum Gasteiger partial charge on any atom is 0.222 e. The molecular formula is C14H22N2O2. The smallest absolute Gasteiger partial charge is 0.222 e. The lowest BCUT2D eigenvalue weighted by Crippen LogP contribution is -2.45. The van der Waals surface area contributed by atoms with Gasteiger partial charge in [-0.2, -0.15) is 0 Å².